The summed E-state index contributed by atoms with van der Waals surface area (Å²) in [7, 11) is 3.06. The van der Waals surface area contributed by atoms with Crippen molar-refractivity contribution in [2.45, 2.75) is 6.42 Å². The molecule has 1 rings (SSSR count). The lowest BCUT2D eigenvalue weighted by atomic mass is 10.1. The van der Waals surface area contributed by atoms with E-state index >= 15 is 0 Å². The zero-order valence-electron chi connectivity index (χ0n) is 9.82. The molecule has 0 fully saturated rings. The van der Waals surface area contributed by atoms with Crippen LogP contribution in [-0.2, 0) is 6.42 Å². The first kappa shape index (κ1) is 13.0. The molecule has 0 saturated heterocycles. The minimum absolute atomic E-state index is 0.304. The van der Waals surface area contributed by atoms with Crippen LogP contribution in [0.1, 0.15) is 5.56 Å². The van der Waals surface area contributed by atoms with Gasteiger partial charge in [0, 0.05) is 12.6 Å². The number of ether oxygens (including phenoxy) is 2. The number of amides is 1. The van der Waals surface area contributed by atoms with Crippen molar-refractivity contribution in [1.29, 1.82) is 0 Å². The fourth-order valence-electron chi connectivity index (χ4n) is 1.48. The van der Waals surface area contributed by atoms with Gasteiger partial charge in [-0.05, 0) is 18.1 Å². The van der Waals surface area contributed by atoms with Crippen LogP contribution in [0.25, 0.3) is 0 Å². The highest BCUT2D eigenvalue weighted by molar-refractivity contribution is 5.64. The molecule has 0 saturated carbocycles. The van der Waals surface area contributed by atoms with Crippen LogP contribution in [0.2, 0.25) is 0 Å². The van der Waals surface area contributed by atoms with Gasteiger partial charge >= 0.3 is 6.09 Å². The second-order valence-corrected chi connectivity index (χ2v) is 3.39. The summed E-state index contributed by atoms with van der Waals surface area (Å²) in [4.78, 5) is 10.3. The monoisotopic (exact) mass is 240 g/mol. The van der Waals surface area contributed by atoms with Crippen LogP contribution in [-0.4, -0.2) is 32.0 Å². The van der Waals surface area contributed by atoms with Gasteiger partial charge in [0.1, 0.15) is 11.5 Å². The van der Waals surface area contributed by atoms with Gasteiger partial charge in [0.15, 0.2) is 0 Å². The maximum absolute atomic E-state index is 10.3. The molecule has 0 atom stereocenters. The van der Waals surface area contributed by atoms with Crippen molar-refractivity contribution >= 4 is 11.8 Å². The minimum atomic E-state index is -1.05. The molecule has 0 aliphatic rings. The van der Waals surface area contributed by atoms with Gasteiger partial charge in [0.25, 0.3) is 0 Å². The van der Waals surface area contributed by atoms with Crippen molar-refractivity contribution in [2.75, 3.05) is 26.5 Å². The molecule has 0 heterocycles. The lowest BCUT2D eigenvalue weighted by Gasteiger charge is -2.12. The van der Waals surface area contributed by atoms with Crippen molar-refractivity contribution in [3.63, 3.8) is 0 Å². The van der Waals surface area contributed by atoms with Crippen molar-refractivity contribution in [2.24, 2.45) is 0 Å². The topological polar surface area (TPSA) is 93.8 Å². The van der Waals surface area contributed by atoms with Crippen LogP contribution >= 0.6 is 0 Å². The molecule has 0 radical (unpaired) electrons. The Morgan fingerprint density at radius 1 is 1.35 bits per heavy atom. The molecule has 6 heteroatoms. The first-order valence-electron chi connectivity index (χ1n) is 5.05. The molecule has 0 spiro atoms. The molecule has 0 unspecified atom stereocenters. The lowest BCUT2D eigenvalue weighted by molar-refractivity contribution is 0.194. The van der Waals surface area contributed by atoms with E-state index in [1.807, 2.05) is 0 Å². The van der Waals surface area contributed by atoms with Gasteiger partial charge < -0.3 is 25.6 Å². The smallest absolute Gasteiger partial charge is 0.404 e. The summed E-state index contributed by atoms with van der Waals surface area (Å²) in [6.45, 7) is 0.304. The second-order valence-electron chi connectivity index (χ2n) is 3.39. The summed E-state index contributed by atoms with van der Waals surface area (Å²) < 4.78 is 10.3. The first-order valence-corrected chi connectivity index (χ1v) is 5.05. The Hall–Kier alpha value is -2.11. The van der Waals surface area contributed by atoms with Crippen molar-refractivity contribution < 1.29 is 19.4 Å². The highest BCUT2D eigenvalue weighted by Crippen LogP contribution is 2.30. The molecular weight excluding hydrogens is 224 g/mol. The maximum Gasteiger partial charge on any atom is 0.404 e. The Morgan fingerprint density at radius 2 is 2.00 bits per heavy atom. The van der Waals surface area contributed by atoms with Gasteiger partial charge in [-0.15, -0.1) is 0 Å². The molecule has 1 amide bonds. The number of anilines is 1. The van der Waals surface area contributed by atoms with E-state index in [1.54, 1.807) is 12.1 Å². The van der Waals surface area contributed by atoms with E-state index in [9.17, 15) is 4.79 Å². The van der Waals surface area contributed by atoms with Gasteiger partial charge in [-0.1, -0.05) is 0 Å². The zero-order chi connectivity index (χ0) is 12.8. The Kier molecular flexibility index (Phi) is 4.45. The van der Waals surface area contributed by atoms with Crippen LogP contribution in [0.4, 0.5) is 10.5 Å². The highest BCUT2D eigenvalue weighted by Gasteiger charge is 2.09. The van der Waals surface area contributed by atoms with E-state index in [4.69, 9.17) is 20.3 Å². The summed E-state index contributed by atoms with van der Waals surface area (Å²) in [6, 6.07) is 3.41. The van der Waals surface area contributed by atoms with E-state index in [0.29, 0.717) is 30.2 Å². The standard InChI is InChI=1S/C11H16N2O4/c1-16-9-6-8(12)10(17-2)5-7(9)3-4-13-11(14)15/h5-6,13H,3-4,12H2,1-2H3,(H,14,15). The predicted octanol–water partition coefficient (Wildman–Crippen LogP) is 1.10. The van der Waals surface area contributed by atoms with Gasteiger partial charge in [-0.2, -0.15) is 0 Å². The van der Waals surface area contributed by atoms with Crippen molar-refractivity contribution in [3.05, 3.63) is 17.7 Å². The Morgan fingerprint density at radius 3 is 2.53 bits per heavy atom. The molecule has 1 aromatic carbocycles. The second kappa shape index (κ2) is 5.83. The number of hydrogen-bond donors (Lipinski definition) is 3. The maximum atomic E-state index is 10.3. The van der Waals surface area contributed by atoms with E-state index in [-0.39, 0.29) is 0 Å². The number of hydrogen-bond acceptors (Lipinski definition) is 4. The molecule has 17 heavy (non-hydrogen) atoms. The minimum Gasteiger partial charge on any atom is -0.496 e. The summed E-state index contributed by atoms with van der Waals surface area (Å²) in [5.74, 6) is 1.17. The van der Waals surface area contributed by atoms with E-state index in [1.165, 1.54) is 14.2 Å². The predicted molar refractivity (Wildman–Crippen MR) is 63.7 cm³/mol. The van der Waals surface area contributed by atoms with Crippen LogP contribution in [0, 0.1) is 0 Å². The molecule has 4 N–H and O–H groups in total. The third kappa shape index (κ3) is 3.44. The Labute approximate surface area is 99.3 Å². The number of methoxy groups -OCH3 is 2. The van der Waals surface area contributed by atoms with E-state index in [2.05, 4.69) is 5.32 Å². The van der Waals surface area contributed by atoms with Crippen LogP contribution in [0.5, 0.6) is 11.5 Å². The van der Waals surface area contributed by atoms with Crippen molar-refractivity contribution in [1.82, 2.24) is 5.32 Å². The molecule has 0 aliphatic heterocycles. The summed E-state index contributed by atoms with van der Waals surface area (Å²) >= 11 is 0. The lowest BCUT2D eigenvalue weighted by Crippen LogP contribution is -2.23. The third-order valence-electron chi connectivity index (χ3n) is 2.30. The summed E-state index contributed by atoms with van der Waals surface area (Å²) in [5, 5.41) is 10.8. The quantitative estimate of drug-likeness (QED) is 0.670. The number of carboxylic acid groups (broad SMARTS) is 1. The van der Waals surface area contributed by atoms with Gasteiger partial charge in [-0.25, -0.2) is 4.79 Å². The largest absolute Gasteiger partial charge is 0.496 e. The van der Waals surface area contributed by atoms with E-state index < -0.39 is 6.09 Å². The van der Waals surface area contributed by atoms with Crippen LogP contribution in [0.3, 0.4) is 0 Å². The summed E-state index contributed by atoms with van der Waals surface area (Å²) in [5.41, 5.74) is 7.06. The number of benzene rings is 1. The zero-order valence-corrected chi connectivity index (χ0v) is 9.82. The number of rotatable bonds is 5. The molecule has 0 bridgehead atoms. The number of nitrogen functional groups attached to an aromatic ring is 1. The molecular formula is C11H16N2O4. The molecule has 0 aliphatic carbocycles. The number of carbonyl (C=O) groups is 1. The fraction of sp³-hybridized carbons (Fsp3) is 0.364. The SMILES string of the molecule is COc1cc(CCNC(=O)O)c(OC)cc1N. The average molecular weight is 240 g/mol. The van der Waals surface area contributed by atoms with Crippen LogP contribution in [0.15, 0.2) is 12.1 Å². The Bertz CT molecular complexity index is 407. The van der Waals surface area contributed by atoms with E-state index in [0.717, 1.165) is 5.56 Å². The average Bonchev–Trinajstić information content (AvgIpc) is 2.30. The highest BCUT2D eigenvalue weighted by atomic mass is 16.5. The third-order valence-corrected chi connectivity index (χ3v) is 2.30. The fourth-order valence-corrected chi connectivity index (χ4v) is 1.48. The van der Waals surface area contributed by atoms with Gasteiger partial charge in [-0.3, -0.25) is 0 Å². The molecule has 94 valence electrons. The summed E-state index contributed by atoms with van der Waals surface area (Å²) in [6.07, 6.45) is -0.544. The number of nitrogens with one attached hydrogen (secondary N) is 1. The normalized spacial score (nSPS) is 9.76. The van der Waals surface area contributed by atoms with Gasteiger partial charge in [0.2, 0.25) is 0 Å². The van der Waals surface area contributed by atoms with Crippen molar-refractivity contribution in [3.8, 4) is 11.5 Å². The van der Waals surface area contributed by atoms with Gasteiger partial charge in [0.05, 0.1) is 19.9 Å². The first-order chi connectivity index (χ1) is 8.08. The molecule has 6 nitrogen and oxygen atoms in total. The molecule has 0 aromatic heterocycles. The Balaban J connectivity index is 2.84. The molecule has 1 aromatic rings. The van der Waals surface area contributed by atoms with Crippen LogP contribution < -0.4 is 20.5 Å². The number of nitrogens with two attached hydrogens (primary N) is 1.